The van der Waals surface area contributed by atoms with Crippen molar-refractivity contribution in [1.29, 1.82) is 0 Å². The van der Waals surface area contributed by atoms with Crippen molar-refractivity contribution in [3.8, 4) is 0 Å². The van der Waals surface area contributed by atoms with Gasteiger partial charge in [-0.25, -0.2) is 4.79 Å². The van der Waals surface area contributed by atoms with E-state index in [1.54, 1.807) is 32.9 Å². The zero-order chi connectivity index (χ0) is 25.4. The predicted molar refractivity (Wildman–Crippen MR) is 137 cm³/mol. The van der Waals surface area contributed by atoms with E-state index in [1.807, 2.05) is 50.2 Å². The number of nitrogens with one attached hydrogen (secondary N) is 2. The molecule has 0 heterocycles. The summed E-state index contributed by atoms with van der Waals surface area (Å²) in [6, 6.07) is 14.2. The predicted octanol–water partition coefficient (Wildman–Crippen LogP) is 5.95. The van der Waals surface area contributed by atoms with Crippen LogP contribution in [-0.4, -0.2) is 34.8 Å². The van der Waals surface area contributed by atoms with Crippen molar-refractivity contribution >= 4 is 25.1 Å². The first-order chi connectivity index (χ1) is 15.9. The summed E-state index contributed by atoms with van der Waals surface area (Å²) < 4.78 is 18.3. The highest BCUT2D eigenvalue weighted by Gasteiger charge is 2.28. The first kappa shape index (κ1) is 27.6. The third-order valence-electron chi connectivity index (χ3n) is 5.40. The van der Waals surface area contributed by atoms with Gasteiger partial charge in [0.05, 0.1) is 6.04 Å². The molecule has 2 aromatic carbocycles. The topological polar surface area (TPSA) is 105 Å². The standard InChI is InChI=1S/C26H37N2O5P/c1-19-12-11-15-22(20(19)2)27-24(29)16-9-10-17-34(31,32)18-23(21-13-7-6-8-14-21)28-25(30)33-26(3,4)5/h6-8,11-15,23H,9-10,16-18H2,1-5H3,(H,27,29)(H,28,30)(H,31,32). The molecule has 34 heavy (non-hydrogen) atoms. The Balaban J connectivity index is 1.90. The fourth-order valence-electron chi connectivity index (χ4n) is 3.49. The normalized spacial score (nSPS) is 14.1. The summed E-state index contributed by atoms with van der Waals surface area (Å²) >= 11 is 0. The van der Waals surface area contributed by atoms with E-state index >= 15 is 0 Å². The number of anilines is 1. The van der Waals surface area contributed by atoms with Crippen LogP contribution in [0, 0.1) is 13.8 Å². The lowest BCUT2D eigenvalue weighted by Crippen LogP contribution is -2.36. The molecule has 2 amide bonds. The summed E-state index contributed by atoms with van der Waals surface area (Å²) in [6.45, 7) is 9.23. The van der Waals surface area contributed by atoms with Gasteiger partial charge in [0.1, 0.15) is 5.60 Å². The minimum Gasteiger partial charge on any atom is -0.444 e. The summed E-state index contributed by atoms with van der Waals surface area (Å²) in [6.07, 6.45) is 0.530. The van der Waals surface area contributed by atoms with Crippen LogP contribution in [0.5, 0.6) is 0 Å². The second-order valence-corrected chi connectivity index (χ2v) is 12.1. The van der Waals surface area contributed by atoms with Crippen LogP contribution in [0.2, 0.25) is 0 Å². The Kier molecular flexibility index (Phi) is 9.90. The van der Waals surface area contributed by atoms with Gasteiger partial charge < -0.3 is 20.3 Å². The summed E-state index contributed by atoms with van der Waals surface area (Å²) in [4.78, 5) is 35.2. The quantitative estimate of drug-likeness (QED) is 0.283. The maximum Gasteiger partial charge on any atom is 0.408 e. The second-order valence-electron chi connectivity index (χ2n) is 9.61. The molecule has 0 fully saturated rings. The number of carbonyl (C=O) groups is 2. The highest BCUT2D eigenvalue weighted by molar-refractivity contribution is 7.58. The number of alkyl carbamates (subject to hydrolysis) is 1. The van der Waals surface area contributed by atoms with Gasteiger partial charge in [-0.2, -0.15) is 0 Å². The minimum absolute atomic E-state index is 0.0725. The SMILES string of the molecule is Cc1cccc(NC(=O)CCCCP(=O)(O)CC(NC(=O)OC(C)(C)C)c2ccccc2)c1C. The van der Waals surface area contributed by atoms with Gasteiger partial charge in [-0.05, 0) is 70.2 Å². The third kappa shape index (κ3) is 9.70. The molecule has 8 heteroatoms. The third-order valence-corrected chi connectivity index (χ3v) is 7.35. The van der Waals surface area contributed by atoms with Gasteiger partial charge in [-0.15, -0.1) is 0 Å². The smallest absolute Gasteiger partial charge is 0.408 e. The van der Waals surface area contributed by atoms with E-state index in [1.165, 1.54) is 0 Å². The highest BCUT2D eigenvalue weighted by atomic mass is 31.2. The lowest BCUT2D eigenvalue weighted by molar-refractivity contribution is -0.116. The van der Waals surface area contributed by atoms with Crippen LogP contribution in [0.15, 0.2) is 48.5 Å². The van der Waals surface area contributed by atoms with Crippen molar-refractivity contribution in [1.82, 2.24) is 5.32 Å². The molecule has 0 spiro atoms. The van der Waals surface area contributed by atoms with Crippen LogP contribution < -0.4 is 10.6 Å². The van der Waals surface area contributed by atoms with Crippen LogP contribution in [0.1, 0.15) is 62.8 Å². The fourth-order valence-corrected chi connectivity index (χ4v) is 5.26. The number of benzene rings is 2. The first-order valence-corrected chi connectivity index (χ1v) is 13.6. The molecular weight excluding hydrogens is 451 g/mol. The Labute approximate surface area is 202 Å². The number of ether oxygens (including phenoxy) is 1. The number of aryl methyl sites for hydroxylation is 1. The van der Waals surface area contributed by atoms with Crippen LogP contribution in [0.4, 0.5) is 10.5 Å². The molecule has 2 rings (SSSR count). The van der Waals surface area contributed by atoms with Crippen molar-refractivity contribution in [2.24, 2.45) is 0 Å². The molecule has 0 radical (unpaired) electrons. The summed E-state index contributed by atoms with van der Waals surface area (Å²) in [5.74, 6) is -0.116. The van der Waals surface area contributed by atoms with E-state index in [9.17, 15) is 19.0 Å². The van der Waals surface area contributed by atoms with Crippen LogP contribution in [-0.2, 0) is 14.1 Å². The van der Waals surface area contributed by atoms with Crippen molar-refractivity contribution < 1.29 is 23.8 Å². The number of hydrogen-bond donors (Lipinski definition) is 3. The Bertz CT molecular complexity index is 1020. The Morgan fingerprint density at radius 2 is 1.71 bits per heavy atom. The second kappa shape index (κ2) is 12.2. The van der Waals surface area contributed by atoms with Crippen LogP contribution in [0.25, 0.3) is 0 Å². The fraction of sp³-hybridized carbons (Fsp3) is 0.462. The summed E-state index contributed by atoms with van der Waals surface area (Å²) in [7, 11) is -3.56. The molecule has 0 saturated carbocycles. The van der Waals surface area contributed by atoms with Gasteiger partial charge in [-0.3, -0.25) is 9.36 Å². The number of rotatable bonds is 10. The Morgan fingerprint density at radius 1 is 1.03 bits per heavy atom. The molecule has 0 bridgehead atoms. The zero-order valence-corrected chi connectivity index (χ0v) is 21.7. The number of hydrogen-bond acceptors (Lipinski definition) is 4. The van der Waals surface area contributed by atoms with E-state index in [0.717, 1.165) is 22.4 Å². The van der Waals surface area contributed by atoms with Crippen LogP contribution >= 0.6 is 7.37 Å². The monoisotopic (exact) mass is 488 g/mol. The molecular formula is C26H37N2O5P. The van der Waals surface area contributed by atoms with Crippen LogP contribution in [0.3, 0.4) is 0 Å². The maximum absolute atomic E-state index is 12.9. The average Bonchev–Trinajstić information content (AvgIpc) is 2.73. The van der Waals surface area contributed by atoms with Gasteiger partial charge in [0.2, 0.25) is 13.3 Å². The highest BCUT2D eigenvalue weighted by Crippen LogP contribution is 2.45. The van der Waals surface area contributed by atoms with E-state index in [2.05, 4.69) is 10.6 Å². The molecule has 7 nitrogen and oxygen atoms in total. The molecule has 0 saturated heterocycles. The molecule has 3 N–H and O–H groups in total. The van der Waals surface area contributed by atoms with E-state index in [0.29, 0.717) is 12.8 Å². The van der Waals surface area contributed by atoms with Crippen molar-refractivity contribution in [3.63, 3.8) is 0 Å². The van der Waals surface area contributed by atoms with Crippen molar-refractivity contribution in [2.45, 2.75) is 65.5 Å². The van der Waals surface area contributed by atoms with Crippen molar-refractivity contribution in [2.75, 3.05) is 17.6 Å². The van der Waals surface area contributed by atoms with Gasteiger partial charge in [-0.1, -0.05) is 42.5 Å². The Morgan fingerprint density at radius 3 is 2.35 bits per heavy atom. The summed E-state index contributed by atoms with van der Waals surface area (Å²) in [5, 5.41) is 5.64. The maximum atomic E-state index is 12.9. The number of carbonyl (C=O) groups excluding carboxylic acids is 2. The van der Waals surface area contributed by atoms with Crippen molar-refractivity contribution in [3.05, 3.63) is 65.2 Å². The molecule has 0 aromatic heterocycles. The molecule has 0 aliphatic heterocycles. The molecule has 0 aliphatic carbocycles. The largest absolute Gasteiger partial charge is 0.444 e. The lowest BCUT2D eigenvalue weighted by Gasteiger charge is -2.25. The van der Waals surface area contributed by atoms with E-state index in [-0.39, 0.29) is 24.7 Å². The first-order valence-electron chi connectivity index (χ1n) is 11.6. The number of amides is 2. The van der Waals surface area contributed by atoms with Gasteiger partial charge in [0, 0.05) is 24.4 Å². The molecule has 186 valence electrons. The molecule has 2 unspecified atom stereocenters. The average molecular weight is 489 g/mol. The van der Waals surface area contributed by atoms with Gasteiger partial charge in [0.25, 0.3) is 0 Å². The number of unbranched alkanes of at least 4 members (excludes halogenated alkanes) is 1. The summed E-state index contributed by atoms with van der Waals surface area (Å²) in [5.41, 5.74) is 2.98. The lowest BCUT2D eigenvalue weighted by atomic mass is 10.1. The zero-order valence-electron chi connectivity index (χ0n) is 20.8. The molecule has 2 atom stereocenters. The molecule has 0 aliphatic rings. The van der Waals surface area contributed by atoms with Gasteiger partial charge in [0.15, 0.2) is 0 Å². The van der Waals surface area contributed by atoms with E-state index < -0.39 is 25.1 Å². The minimum atomic E-state index is -3.56. The van der Waals surface area contributed by atoms with Gasteiger partial charge >= 0.3 is 6.09 Å². The molecule has 2 aromatic rings. The Hall–Kier alpha value is -2.63. The van der Waals surface area contributed by atoms with E-state index in [4.69, 9.17) is 4.74 Å².